The van der Waals surface area contributed by atoms with E-state index in [1.54, 1.807) is 0 Å². The van der Waals surface area contributed by atoms with E-state index in [0.717, 1.165) is 0 Å². The molecule has 0 aliphatic carbocycles. The standard InChI is InChI=1S/C13H18FN3O3S/c14-12-3-1-11(2-4-12)13(18)16-7-10-21(19,20)17-8-5-15-6-9-17/h1-4,15H,5-10H2,(H,16,18). The van der Waals surface area contributed by atoms with Gasteiger partial charge in [-0.3, -0.25) is 4.79 Å². The zero-order valence-corrected chi connectivity index (χ0v) is 12.3. The largest absolute Gasteiger partial charge is 0.351 e. The lowest BCUT2D eigenvalue weighted by Crippen LogP contribution is -2.48. The molecule has 0 bridgehead atoms. The highest BCUT2D eigenvalue weighted by Gasteiger charge is 2.23. The Hall–Kier alpha value is -1.51. The SMILES string of the molecule is O=C(NCCS(=O)(=O)N1CCNCC1)c1ccc(F)cc1. The summed E-state index contributed by atoms with van der Waals surface area (Å²) in [6, 6.07) is 5.09. The molecule has 0 saturated carbocycles. The van der Waals surface area contributed by atoms with E-state index in [0.29, 0.717) is 31.7 Å². The zero-order chi connectivity index (χ0) is 15.3. The predicted octanol–water partition coefficient (Wildman–Crippen LogP) is -0.209. The Balaban J connectivity index is 1.83. The van der Waals surface area contributed by atoms with Gasteiger partial charge in [0.1, 0.15) is 5.82 Å². The maximum absolute atomic E-state index is 12.7. The van der Waals surface area contributed by atoms with Crippen molar-refractivity contribution >= 4 is 15.9 Å². The number of hydrogen-bond donors (Lipinski definition) is 2. The lowest BCUT2D eigenvalue weighted by Gasteiger charge is -2.26. The van der Waals surface area contributed by atoms with Crippen molar-refractivity contribution in [1.82, 2.24) is 14.9 Å². The Bertz CT molecular complexity index is 583. The van der Waals surface area contributed by atoms with Crippen LogP contribution in [0.15, 0.2) is 24.3 Å². The molecule has 0 unspecified atom stereocenters. The Morgan fingerprint density at radius 1 is 1.24 bits per heavy atom. The van der Waals surface area contributed by atoms with Gasteiger partial charge in [0.2, 0.25) is 10.0 Å². The van der Waals surface area contributed by atoms with E-state index in [-0.39, 0.29) is 12.3 Å². The molecule has 0 spiro atoms. The van der Waals surface area contributed by atoms with Crippen molar-refractivity contribution in [2.45, 2.75) is 0 Å². The number of rotatable bonds is 5. The maximum Gasteiger partial charge on any atom is 0.251 e. The Morgan fingerprint density at radius 2 is 1.86 bits per heavy atom. The number of hydrogen-bond acceptors (Lipinski definition) is 4. The fraction of sp³-hybridized carbons (Fsp3) is 0.462. The molecule has 21 heavy (non-hydrogen) atoms. The van der Waals surface area contributed by atoms with E-state index >= 15 is 0 Å². The van der Waals surface area contributed by atoms with Crippen molar-refractivity contribution in [3.05, 3.63) is 35.6 Å². The number of benzene rings is 1. The molecule has 0 radical (unpaired) electrons. The van der Waals surface area contributed by atoms with Crippen molar-refractivity contribution < 1.29 is 17.6 Å². The molecule has 116 valence electrons. The molecular formula is C13H18FN3O3S. The van der Waals surface area contributed by atoms with Gasteiger partial charge in [0.25, 0.3) is 5.91 Å². The van der Waals surface area contributed by atoms with Gasteiger partial charge in [-0.15, -0.1) is 0 Å². The molecule has 6 nitrogen and oxygen atoms in total. The molecule has 1 fully saturated rings. The maximum atomic E-state index is 12.7. The molecule has 1 amide bonds. The summed E-state index contributed by atoms with van der Waals surface area (Å²) >= 11 is 0. The summed E-state index contributed by atoms with van der Waals surface area (Å²) < 4.78 is 38.3. The summed E-state index contributed by atoms with van der Waals surface area (Å²) in [7, 11) is -3.35. The molecule has 1 aliphatic heterocycles. The van der Waals surface area contributed by atoms with Crippen molar-refractivity contribution in [3.8, 4) is 0 Å². The van der Waals surface area contributed by atoms with Crippen molar-refractivity contribution in [3.63, 3.8) is 0 Å². The first-order chi connectivity index (χ1) is 9.99. The van der Waals surface area contributed by atoms with Gasteiger partial charge in [0.15, 0.2) is 0 Å². The number of sulfonamides is 1. The third-order valence-corrected chi connectivity index (χ3v) is 5.09. The fourth-order valence-electron chi connectivity index (χ4n) is 2.05. The molecular weight excluding hydrogens is 297 g/mol. The average Bonchev–Trinajstić information content (AvgIpc) is 2.48. The number of amides is 1. The van der Waals surface area contributed by atoms with Gasteiger partial charge >= 0.3 is 0 Å². The number of carbonyl (C=O) groups is 1. The van der Waals surface area contributed by atoms with Crippen LogP contribution < -0.4 is 10.6 Å². The van der Waals surface area contributed by atoms with Crippen molar-refractivity contribution in [1.29, 1.82) is 0 Å². The van der Waals surface area contributed by atoms with Crippen LogP contribution in [0.5, 0.6) is 0 Å². The van der Waals surface area contributed by atoms with E-state index in [4.69, 9.17) is 0 Å². The smallest absolute Gasteiger partial charge is 0.251 e. The summed E-state index contributed by atoms with van der Waals surface area (Å²) in [6.45, 7) is 2.22. The quantitative estimate of drug-likeness (QED) is 0.788. The zero-order valence-electron chi connectivity index (χ0n) is 11.5. The first-order valence-electron chi connectivity index (χ1n) is 6.71. The third kappa shape index (κ3) is 4.48. The highest BCUT2D eigenvalue weighted by atomic mass is 32.2. The molecule has 0 atom stereocenters. The summed E-state index contributed by atoms with van der Waals surface area (Å²) in [5, 5.41) is 5.61. The third-order valence-electron chi connectivity index (χ3n) is 3.22. The first kappa shape index (κ1) is 15.9. The summed E-state index contributed by atoms with van der Waals surface area (Å²) in [6.07, 6.45) is 0. The molecule has 2 rings (SSSR count). The summed E-state index contributed by atoms with van der Waals surface area (Å²) in [4.78, 5) is 11.8. The average molecular weight is 315 g/mol. The summed E-state index contributed by atoms with van der Waals surface area (Å²) in [5.74, 6) is -0.974. The molecule has 1 aliphatic rings. The minimum atomic E-state index is -3.35. The number of nitrogens with zero attached hydrogens (tertiary/aromatic N) is 1. The van der Waals surface area contributed by atoms with E-state index in [9.17, 15) is 17.6 Å². The van der Waals surface area contributed by atoms with Gasteiger partial charge < -0.3 is 10.6 Å². The van der Waals surface area contributed by atoms with Crippen LogP contribution in [0.25, 0.3) is 0 Å². The second kappa shape index (κ2) is 6.97. The van der Waals surface area contributed by atoms with Crippen LogP contribution in [0, 0.1) is 5.82 Å². The Kier molecular flexibility index (Phi) is 5.27. The first-order valence-corrected chi connectivity index (χ1v) is 8.32. The van der Waals surface area contributed by atoms with E-state index < -0.39 is 21.7 Å². The van der Waals surface area contributed by atoms with Crippen molar-refractivity contribution in [2.24, 2.45) is 0 Å². The minimum Gasteiger partial charge on any atom is -0.351 e. The Morgan fingerprint density at radius 3 is 2.48 bits per heavy atom. The lowest BCUT2D eigenvalue weighted by molar-refractivity contribution is 0.0956. The topological polar surface area (TPSA) is 78.5 Å². The highest BCUT2D eigenvalue weighted by Crippen LogP contribution is 2.04. The Labute approximate surface area is 123 Å². The van der Waals surface area contributed by atoms with E-state index in [1.807, 2.05) is 0 Å². The normalized spacial score (nSPS) is 16.6. The van der Waals surface area contributed by atoms with Crippen LogP contribution in [0.1, 0.15) is 10.4 Å². The second-order valence-corrected chi connectivity index (χ2v) is 6.82. The molecule has 2 N–H and O–H groups in total. The van der Waals surface area contributed by atoms with E-state index in [2.05, 4.69) is 10.6 Å². The molecule has 8 heteroatoms. The van der Waals surface area contributed by atoms with Gasteiger partial charge in [-0.2, -0.15) is 4.31 Å². The molecule has 1 saturated heterocycles. The lowest BCUT2D eigenvalue weighted by atomic mass is 10.2. The van der Waals surface area contributed by atoms with Crippen LogP contribution in [0.2, 0.25) is 0 Å². The molecule has 1 aromatic rings. The number of carbonyl (C=O) groups excluding carboxylic acids is 1. The van der Waals surface area contributed by atoms with Crippen LogP contribution in [-0.2, 0) is 10.0 Å². The van der Waals surface area contributed by atoms with Gasteiger partial charge in [0, 0.05) is 38.3 Å². The van der Waals surface area contributed by atoms with Crippen molar-refractivity contribution in [2.75, 3.05) is 38.5 Å². The minimum absolute atomic E-state index is 0.0302. The predicted molar refractivity (Wildman–Crippen MR) is 77.0 cm³/mol. The number of halogens is 1. The van der Waals surface area contributed by atoms with Gasteiger partial charge in [-0.1, -0.05) is 0 Å². The van der Waals surface area contributed by atoms with Gasteiger partial charge in [0.05, 0.1) is 5.75 Å². The second-order valence-electron chi connectivity index (χ2n) is 4.73. The van der Waals surface area contributed by atoms with Crippen LogP contribution in [0.4, 0.5) is 4.39 Å². The van der Waals surface area contributed by atoms with Crippen LogP contribution in [0.3, 0.4) is 0 Å². The van der Waals surface area contributed by atoms with E-state index in [1.165, 1.54) is 28.6 Å². The van der Waals surface area contributed by atoms with Crippen LogP contribution >= 0.6 is 0 Å². The molecule has 0 aromatic heterocycles. The molecule has 1 aromatic carbocycles. The number of nitrogens with one attached hydrogen (secondary N) is 2. The number of piperazine rings is 1. The summed E-state index contributed by atoms with van der Waals surface area (Å²) in [5.41, 5.74) is 0.302. The van der Waals surface area contributed by atoms with Crippen LogP contribution in [-0.4, -0.2) is 57.1 Å². The van der Waals surface area contributed by atoms with Gasteiger partial charge in [-0.25, -0.2) is 12.8 Å². The van der Waals surface area contributed by atoms with Gasteiger partial charge in [-0.05, 0) is 24.3 Å². The molecule has 1 heterocycles. The fourth-order valence-corrected chi connectivity index (χ4v) is 3.41. The monoisotopic (exact) mass is 315 g/mol. The highest BCUT2D eigenvalue weighted by molar-refractivity contribution is 7.89.